The lowest BCUT2D eigenvalue weighted by molar-refractivity contribution is 0.0734. The van der Waals surface area contributed by atoms with Gasteiger partial charge in [-0.25, -0.2) is 0 Å². The zero-order valence-corrected chi connectivity index (χ0v) is 12.2. The van der Waals surface area contributed by atoms with Crippen LogP contribution in [0.25, 0.3) is 0 Å². The Kier molecular flexibility index (Phi) is 3.18. The summed E-state index contributed by atoms with van der Waals surface area (Å²) in [7, 11) is 0. The first-order valence-corrected chi connectivity index (χ1v) is 7.51. The molecule has 3 heteroatoms. The maximum absolute atomic E-state index is 12.6. The monoisotopic (exact) mass is 307 g/mol. The molecule has 0 radical (unpaired) electrons. The van der Waals surface area contributed by atoms with Gasteiger partial charge in [0.1, 0.15) is 0 Å². The van der Waals surface area contributed by atoms with Crippen LogP contribution in [0.15, 0.2) is 22.7 Å². The van der Waals surface area contributed by atoms with Crippen LogP contribution in [0.4, 0.5) is 0 Å². The lowest BCUT2D eigenvalue weighted by atomic mass is 10.1. The first kappa shape index (κ1) is 12.2. The van der Waals surface area contributed by atoms with Gasteiger partial charge in [0.05, 0.1) is 5.56 Å². The summed E-state index contributed by atoms with van der Waals surface area (Å²) in [6.45, 7) is 3.01. The fourth-order valence-corrected chi connectivity index (χ4v) is 2.97. The molecule has 1 amide bonds. The standard InChI is InChI=1S/C15H18BrNO/c1-10-2-7-13(14(16)8-10)15(18)17(12-5-6-12)9-11-3-4-11/h2,7-8,11-12H,3-6,9H2,1H3. The van der Waals surface area contributed by atoms with Crippen LogP contribution in [0.1, 0.15) is 41.6 Å². The molecule has 0 saturated heterocycles. The van der Waals surface area contributed by atoms with E-state index in [1.54, 1.807) is 0 Å². The van der Waals surface area contributed by atoms with Crippen molar-refractivity contribution in [3.63, 3.8) is 0 Å². The van der Waals surface area contributed by atoms with Gasteiger partial charge in [-0.15, -0.1) is 0 Å². The Balaban J connectivity index is 1.81. The summed E-state index contributed by atoms with van der Waals surface area (Å²) in [5.74, 6) is 0.968. The predicted molar refractivity (Wildman–Crippen MR) is 75.7 cm³/mol. The van der Waals surface area contributed by atoms with E-state index in [2.05, 4.69) is 20.8 Å². The third kappa shape index (κ3) is 2.61. The van der Waals surface area contributed by atoms with Gasteiger partial charge in [-0.05, 0) is 72.2 Å². The molecule has 0 aliphatic heterocycles. The van der Waals surface area contributed by atoms with Crippen molar-refractivity contribution in [2.24, 2.45) is 5.92 Å². The molecule has 2 aliphatic carbocycles. The van der Waals surface area contributed by atoms with E-state index in [9.17, 15) is 4.79 Å². The number of halogens is 1. The van der Waals surface area contributed by atoms with Gasteiger partial charge in [0.15, 0.2) is 0 Å². The van der Waals surface area contributed by atoms with Crippen molar-refractivity contribution in [1.29, 1.82) is 0 Å². The highest BCUT2D eigenvalue weighted by molar-refractivity contribution is 9.10. The second-order valence-electron chi connectivity index (χ2n) is 5.62. The summed E-state index contributed by atoms with van der Waals surface area (Å²) < 4.78 is 0.925. The van der Waals surface area contributed by atoms with Crippen LogP contribution in [0.3, 0.4) is 0 Å². The molecule has 18 heavy (non-hydrogen) atoms. The second kappa shape index (κ2) is 4.69. The van der Waals surface area contributed by atoms with E-state index in [-0.39, 0.29) is 5.91 Å². The average molecular weight is 308 g/mol. The van der Waals surface area contributed by atoms with Crippen molar-refractivity contribution in [3.8, 4) is 0 Å². The predicted octanol–water partition coefficient (Wildman–Crippen LogP) is 3.77. The Bertz CT molecular complexity index is 477. The quantitative estimate of drug-likeness (QED) is 0.829. The Morgan fingerprint density at radius 3 is 2.61 bits per heavy atom. The van der Waals surface area contributed by atoms with Gasteiger partial charge in [-0.3, -0.25) is 4.79 Å². The highest BCUT2D eigenvalue weighted by Crippen LogP contribution is 2.36. The number of aryl methyl sites for hydroxylation is 1. The number of benzene rings is 1. The zero-order valence-electron chi connectivity index (χ0n) is 10.7. The minimum Gasteiger partial charge on any atom is -0.335 e. The van der Waals surface area contributed by atoms with Gasteiger partial charge in [-0.1, -0.05) is 6.07 Å². The summed E-state index contributed by atoms with van der Waals surface area (Å²) in [4.78, 5) is 14.7. The fourth-order valence-electron chi connectivity index (χ4n) is 2.31. The van der Waals surface area contributed by atoms with E-state index in [0.29, 0.717) is 6.04 Å². The molecule has 2 aliphatic rings. The number of carbonyl (C=O) groups excluding carboxylic acids is 1. The van der Waals surface area contributed by atoms with E-state index in [1.165, 1.54) is 31.2 Å². The first-order valence-electron chi connectivity index (χ1n) is 6.72. The van der Waals surface area contributed by atoms with E-state index in [4.69, 9.17) is 0 Å². The van der Waals surface area contributed by atoms with E-state index in [1.807, 2.05) is 25.1 Å². The normalized spacial score (nSPS) is 18.8. The van der Waals surface area contributed by atoms with Gasteiger partial charge in [-0.2, -0.15) is 0 Å². The lowest BCUT2D eigenvalue weighted by Gasteiger charge is -2.23. The molecule has 0 bridgehead atoms. The number of amides is 1. The van der Waals surface area contributed by atoms with Crippen LogP contribution in [-0.4, -0.2) is 23.4 Å². The Labute approximate surface area is 116 Å². The molecular weight excluding hydrogens is 290 g/mol. The number of nitrogens with zero attached hydrogens (tertiary/aromatic N) is 1. The van der Waals surface area contributed by atoms with Gasteiger partial charge < -0.3 is 4.90 Å². The third-order valence-corrected chi connectivity index (χ3v) is 4.41. The van der Waals surface area contributed by atoms with E-state index in [0.717, 1.165) is 22.5 Å². The molecule has 2 nitrogen and oxygen atoms in total. The first-order chi connectivity index (χ1) is 8.65. The average Bonchev–Trinajstić information content (AvgIpc) is 3.18. The van der Waals surface area contributed by atoms with E-state index >= 15 is 0 Å². The maximum Gasteiger partial charge on any atom is 0.255 e. The fraction of sp³-hybridized carbons (Fsp3) is 0.533. The Morgan fingerprint density at radius 2 is 2.06 bits per heavy atom. The molecular formula is C15H18BrNO. The molecule has 2 fully saturated rings. The molecule has 1 aromatic rings. The van der Waals surface area contributed by atoms with E-state index < -0.39 is 0 Å². The highest BCUT2D eigenvalue weighted by Gasteiger charge is 2.37. The van der Waals surface area contributed by atoms with Gasteiger partial charge in [0.2, 0.25) is 0 Å². The third-order valence-electron chi connectivity index (χ3n) is 3.76. The molecule has 96 valence electrons. The summed E-state index contributed by atoms with van der Waals surface area (Å²) >= 11 is 3.52. The molecule has 3 rings (SSSR count). The summed E-state index contributed by atoms with van der Waals surface area (Å²) in [6.07, 6.45) is 4.96. The minimum atomic E-state index is 0.205. The lowest BCUT2D eigenvalue weighted by Crippen LogP contribution is -2.35. The molecule has 0 N–H and O–H groups in total. The molecule has 0 atom stereocenters. The number of hydrogen-bond donors (Lipinski definition) is 0. The molecule has 0 aromatic heterocycles. The second-order valence-corrected chi connectivity index (χ2v) is 6.47. The van der Waals surface area contributed by atoms with Crippen LogP contribution >= 0.6 is 15.9 Å². The van der Waals surface area contributed by atoms with Crippen LogP contribution in [-0.2, 0) is 0 Å². The molecule has 1 aromatic carbocycles. The van der Waals surface area contributed by atoms with Crippen molar-refractivity contribution < 1.29 is 4.79 Å². The summed E-state index contributed by atoms with van der Waals surface area (Å²) in [5.41, 5.74) is 1.99. The van der Waals surface area contributed by atoms with Crippen molar-refractivity contribution in [2.75, 3.05) is 6.54 Å². The van der Waals surface area contributed by atoms with Crippen LogP contribution in [0, 0.1) is 12.8 Å². The number of hydrogen-bond acceptors (Lipinski definition) is 1. The maximum atomic E-state index is 12.6. The zero-order chi connectivity index (χ0) is 12.7. The molecule has 0 spiro atoms. The number of rotatable bonds is 4. The topological polar surface area (TPSA) is 20.3 Å². The van der Waals surface area contributed by atoms with Crippen molar-refractivity contribution >= 4 is 21.8 Å². The molecule has 0 unspecified atom stereocenters. The van der Waals surface area contributed by atoms with Gasteiger partial charge >= 0.3 is 0 Å². The largest absolute Gasteiger partial charge is 0.335 e. The molecule has 2 saturated carbocycles. The Hall–Kier alpha value is -0.830. The molecule has 0 heterocycles. The van der Waals surface area contributed by atoms with Crippen molar-refractivity contribution in [3.05, 3.63) is 33.8 Å². The SMILES string of the molecule is Cc1ccc(C(=O)N(CC2CC2)C2CC2)c(Br)c1. The highest BCUT2D eigenvalue weighted by atomic mass is 79.9. The van der Waals surface area contributed by atoms with Crippen LogP contribution < -0.4 is 0 Å². The van der Waals surface area contributed by atoms with Crippen molar-refractivity contribution in [1.82, 2.24) is 4.90 Å². The Morgan fingerprint density at radius 1 is 1.33 bits per heavy atom. The smallest absolute Gasteiger partial charge is 0.255 e. The van der Waals surface area contributed by atoms with Crippen LogP contribution in [0.2, 0.25) is 0 Å². The van der Waals surface area contributed by atoms with Crippen LogP contribution in [0.5, 0.6) is 0 Å². The minimum absolute atomic E-state index is 0.205. The van der Waals surface area contributed by atoms with Gasteiger partial charge in [0, 0.05) is 17.1 Å². The summed E-state index contributed by atoms with van der Waals surface area (Å²) in [5, 5.41) is 0. The van der Waals surface area contributed by atoms with Crippen molar-refractivity contribution in [2.45, 2.75) is 38.6 Å². The van der Waals surface area contributed by atoms with Gasteiger partial charge in [0.25, 0.3) is 5.91 Å². The summed E-state index contributed by atoms with van der Waals surface area (Å²) in [6, 6.07) is 6.49. The number of carbonyl (C=O) groups is 1.